The number of aliphatic hydroxyl groups is 2. The molecule has 2 fully saturated rings. The van der Waals surface area contributed by atoms with Gasteiger partial charge in [-0.15, -0.1) is 0 Å². The first-order chi connectivity index (χ1) is 21.2. The molecule has 4 atom stereocenters. The van der Waals surface area contributed by atoms with Crippen molar-refractivity contribution in [1.29, 1.82) is 5.41 Å². The number of nitrogens with one attached hydrogen (secondary N) is 2. The third-order valence-corrected chi connectivity index (χ3v) is 8.82. The minimum Gasteiger partial charge on any atom is -0.377 e. The van der Waals surface area contributed by atoms with E-state index in [9.17, 15) is 10.2 Å². The zero-order valence-corrected chi connectivity index (χ0v) is 25.7. The largest absolute Gasteiger partial charge is 0.377 e. The Morgan fingerprint density at radius 2 is 1.84 bits per heavy atom. The van der Waals surface area contributed by atoms with Gasteiger partial charge in [0, 0.05) is 11.8 Å². The number of ether oxygens (including phenoxy) is 1. The lowest BCUT2D eigenvalue weighted by atomic mass is 9.77. The van der Waals surface area contributed by atoms with Crippen molar-refractivity contribution in [1.82, 2.24) is 29.8 Å². The van der Waals surface area contributed by atoms with Crippen LogP contribution in [0.2, 0.25) is 10.3 Å². The molecule has 4 N–H and O–H groups in total. The van der Waals surface area contributed by atoms with Gasteiger partial charge < -0.3 is 25.2 Å². The number of hydrogen-bond acceptors (Lipinski definition) is 9. The first-order valence-corrected chi connectivity index (χ1v) is 15.4. The van der Waals surface area contributed by atoms with Crippen LogP contribution in [-0.4, -0.2) is 66.2 Å². The van der Waals surface area contributed by atoms with Crippen molar-refractivity contribution in [3.63, 3.8) is 0 Å². The van der Waals surface area contributed by atoms with Crippen LogP contribution in [0.15, 0.2) is 49.0 Å². The summed E-state index contributed by atoms with van der Waals surface area (Å²) in [5, 5.41) is 29.9. The summed E-state index contributed by atoms with van der Waals surface area (Å²) < 4.78 is 8.16. The minimum atomic E-state index is -1.98. The first kappa shape index (κ1) is 30.4. The molecule has 6 rings (SSSR count). The second kappa shape index (κ2) is 12.8. The predicted octanol–water partition coefficient (Wildman–Crippen LogP) is 5.25. The number of fused-ring (bicyclic) bond motifs is 1. The zero-order valence-electron chi connectivity index (χ0n) is 24.2. The smallest absolute Gasteiger partial charge is 0.234 e. The Hall–Kier alpha value is -3.61. The number of pyridine rings is 1. The molecule has 1 aromatic carbocycles. The zero-order chi connectivity index (χ0) is 31.0. The Morgan fingerprint density at radius 1 is 1.09 bits per heavy atom. The lowest BCUT2D eigenvalue weighted by Gasteiger charge is -2.47. The van der Waals surface area contributed by atoms with Crippen LogP contribution in [0.1, 0.15) is 50.0 Å². The van der Waals surface area contributed by atoms with E-state index in [-0.39, 0.29) is 33.9 Å². The summed E-state index contributed by atoms with van der Waals surface area (Å²) in [5.74, 6) is 1.14. The van der Waals surface area contributed by atoms with Crippen molar-refractivity contribution < 1.29 is 14.9 Å². The average molecular weight is 638 g/mol. The molecular weight excluding hydrogens is 603 g/mol. The number of anilines is 1. The van der Waals surface area contributed by atoms with Crippen molar-refractivity contribution in [2.75, 3.05) is 18.1 Å². The molecule has 0 amide bonds. The van der Waals surface area contributed by atoms with Crippen LogP contribution in [0, 0.1) is 17.2 Å². The Morgan fingerprint density at radius 3 is 2.52 bits per heavy atom. The highest BCUT2D eigenvalue weighted by molar-refractivity contribution is 6.33. The maximum absolute atomic E-state index is 9.48. The van der Waals surface area contributed by atoms with E-state index in [2.05, 4.69) is 50.8 Å². The van der Waals surface area contributed by atoms with Gasteiger partial charge in [-0.3, -0.25) is 9.98 Å². The molecule has 1 aliphatic carbocycles. The van der Waals surface area contributed by atoms with Crippen LogP contribution in [0.4, 0.5) is 5.95 Å². The van der Waals surface area contributed by atoms with Gasteiger partial charge in [0.2, 0.25) is 12.4 Å². The standard InChI is InChI=1S/C31H34Cl2N8O3/c1-3-40-26-25(20-13-23(32)35-24(33)14-20)36-29(27(34)37-31(42)43)38-28(26)39-30(40)41-21(18-9-5-4-6-10-18)15-44-16-22(41)19-11-7-8-17(2)12-19/h3-6,9-10,13-14,17,19,21-22,31,42-43H,1,7-8,11-12,15-16H2,2H3,(H2,34,37)/t17-,19?,21-,22?/m0/s1. The number of nitrogens with zero attached hydrogens (tertiary/aromatic N) is 6. The fraction of sp³-hybridized carbons (Fsp3) is 0.387. The summed E-state index contributed by atoms with van der Waals surface area (Å²) in [4.78, 5) is 20.7. The summed E-state index contributed by atoms with van der Waals surface area (Å²) in [5.41, 5.74) is 2.82. The van der Waals surface area contributed by atoms with Crippen LogP contribution >= 0.6 is 23.2 Å². The molecule has 0 bridgehead atoms. The number of amidine groups is 1. The first-order valence-electron chi connectivity index (χ1n) is 14.6. The topological polar surface area (TPSA) is 145 Å². The van der Waals surface area contributed by atoms with Gasteiger partial charge in [-0.1, -0.05) is 79.9 Å². The second-order valence-electron chi connectivity index (χ2n) is 11.4. The highest BCUT2D eigenvalue weighted by atomic mass is 35.5. The molecule has 4 heterocycles. The van der Waals surface area contributed by atoms with Gasteiger partial charge in [-0.05, 0) is 42.4 Å². The molecule has 0 spiro atoms. The molecule has 1 saturated carbocycles. The Balaban J connectivity index is 1.59. The van der Waals surface area contributed by atoms with Gasteiger partial charge in [-0.25, -0.2) is 15.0 Å². The fourth-order valence-corrected chi connectivity index (χ4v) is 7.02. The molecule has 1 saturated heterocycles. The maximum atomic E-state index is 9.48. The van der Waals surface area contributed by atoms with Crippen LogP contribution in [0.5, 0.6) is 0 Å². The number of aromatic nitrogens is 5. The van der Waals surface area contributed by atoms with Crippen molar-refractivity contribution in [3.8, 4) is 11.3 Å². The van der Waals surface area contributed by atoms with Gasteiger partial charge in [0.25, 0.3) is 0 Å². The summed E-state index contributed by atoms with van der Waals surface area (Å²) in [6.07, 6.45) is 4.28. The van der Waals surface area contributed by atoms with E-state index < -0.39 is 12.2 Å². The van der Waals surface area contributed by atoms with Crippen LogP contribution in [-0.2, 0) is 4.74 Å². The molecule has 2 aliphatic rings. The van der Waals surface area contributed by atoms with Crippen LogP contribution in [0.3, 0.4) is 0 Å². The highest BCUT2D eigenvalue weighted by Crippen LogP contribution is 2.42. The molecule has 230 valence electrons. The monoisotopic (exact) mass is 636 g/mol. The van der Waals surface area contributed by atoms with Crippen molar-refractivity contribution in [2.45, 2.75) is 51.1 Å². The van der Waals surface area contributed by atoms with Crippen molar-refractivity contribution >= 4 is 52.3 Å². The molecule has 3 aromatic heterocycles. The number of rotatable bonds is 7. The normalized spacial score (nSPS) is 22.4. The molecule has 11 nitrogen and oxygen atoms in total. The fourth-order valence-electron chi connectivity index (χ4n) is 6.56. The summed E-state index contributed by atoms with van der Waals surface area (Å²) in [6, 6.07) is 13.4. The Bertz CT molecular complexity index is 1660. The lowest BCUT2D eigenvalue weighted by Crippen LogP contribution is -2.53. The van der Waals surface area contributed by atoms with Crippen LogP contribution < -0.4 is 10.2 Å². The summed E-state index contributed by atoms with van der Waals surface area (Å²) >= 11 is 12.6. The molecule has 2 unspecified atom stereocenters. The molecule has 13 heteroatoms. The number of halogens is 2. The van der Waals surface area contributed by atoms with Gasteiger partial charge in [0.15, 0.2) is 17.3 Å². The number of benzene rings is 1. The minimum absolute atomic E-state index is 0.0393. The summed E-state index contributed by atoms with van der Waals surface area (Å²) in [7, 11) is 0. The highest BCUT2D eigenvalue weighted by Gasteiger charge is 2.41. The second-order valence-corrected chi connectivity index (χ2v) is 12.2. The van der Waals surface area contributed by atoms with E-state index >= 15 is 0 Å². The van der Waals surface area contributed by atoms with E-state index in [1.54, 1.807) is 18.3 Å². The average Bonchev–Trinajstić information content (AvgIpc) is 3.38. The van der Waals surface area contributed by atoms with E-state index in [0.29, 0.717) is 47.8 Å². The number of hydrogen-bond donors (Lipinski definition) is 4. The molecule has 44 heavy (non-hydrogen) atoms. The van der Waals surface area contributed by atoms with E-state index in [4.69, 9.17) is 38.3 Å². The lowest BCUT2D eigenvalue weighted by molar-refractivity contribution is -0.0509. The number of morpholine rings is 1. The third-order valence-electron chi connectivity index (χ3n) is 8.44. The number of imidazole rings is 1. The Kier molecular flexibility index (Phi) is 8.84. The van der Waals surface area contributed by atoms with E-state index in [1.165, 1.54) is 12.8 Å². The Labute approximate surface area is 265 Å². The predicted molar refractivity (Wildman–Crippen MR) is 171 cm³/mol. The quantitative estimate of drug-likeness (QED) is 0.0924. The van der Waals surface area contributed by atoms with Crippen molar-refractivity contribution in [2.24, 2.45) is 11.8 Å². The van der Waals surface area contributed by atoms with E-state index in [0.717, 1.165) is 18.4 Å². The SMILES string of the molecule is C=Cn1c(N2C(C3CCC[C@H](C)C3)COC[C@H]2c2ccccc2)nc2nc(C(=N)NC(O)O)nc(-c3cc(Cl)nc(Cl)c3)c21. The number of aliphatic hydroxyl groups excluding tert-OH is 1. The summed E-state index contributed by atoms with van der Waals surface area (Å²) in [6.45, 7) is 7.50. The van der Waals surface area contributed by atoms with Gasteiger partial charge in [0.1, 0.15) is 21.5 Å². The molecule has 4 aromatic rings. The molecular formula is C31H34Cl2N8O3. The maximum Gasteiger partial charge on any atom is 0.234 e. The third kappa shape index (κ3) is 6.02. The molecule has 1 aliphatic heterocycles. The van der Waals surface area contributed by atoms with Gasteiger partial charge in [-0.2, -0.15) is 4.98 Å². The van der Waals surface area contributed by atoms with Gasteiger partial charge in [0.05, 0.1) is 25.3 Å². The van der Waals surface area contributed by atoms with Gasteiger partial charge >= 0.3 is 0 Å². The molecule has 0 radical (unpaired) electrons. The van der Waals surface area contributed by atoms with E-state index in [1.807, 2.05) is 22.8 Å². The van der Waals surface area contributed by atoms with Crippen LogP contribution in [0.25, 0.3) is 28.6 Å². The van der Waals surface area contributed by atoms with Crippen molar-refractivity contribution in [3.05, 3.63) is 70.7 Å².